The fraction of sp³-hybridized carbons (Fsp3) is 0.211. The lowest BCUT2D eigenvalue weighted by molar-refractivity contribution is -0.121. The number of nitrogens with one attached hydrogen (secondary N) is 1. The van der Waals surface area contributed by atoms with Gasteiger partial charge in [0.1, 0.15) is 5.75 Å². The monoisotopic (exact) mass is 370 g/mol. The van der Waals surface area contributed by atoms with Crippen molar-refractivity contribution >= 4 is 40.9 Å². The minimum Gasteiger partial charge on any atom is -0.497 e. The van der Waals surface area contributed by atoms with Crippen LogP contribution < -0.4 is 15.0 Å². The smallest absolute Gasteiger partial charge is 0.247 e. The van der Waals surface area contributed by atoms with Crippen molar-refractivity contribution in [1.82, 2.24) is 0 Å². The van der Waals surface area contributed by atoms with Crippen LogP contribution in [0.3, 0.4) is 0 Å². The highest BCUT2D eigenvalue weighted by molar-refractivity contribution is 8.01. The Hall–Kier alpha value is -2.80. The molecule has 0 bridgehead atoms. The Balaban J connectivity index is 1.57. The summed E-state index contributed by atoms with van der Waals surface area (Å²) in [5, 5.41) is 2.22. The molecule has 0 aromatic heterocycles. The Morgan fingerprint density at radius 2 is 1.96 bits per heavy atom. The maximum atomic E-state index is 12.5. The van der Waals surface area contributed by atoms with Crippen LogP contribution in [0.2, 0.25) is 0 Å². The third kappa shape index (κ3) is 4.05. The van der Waals surface area contributed by atoms with Gasteiger partial charge < -0.3 is 10.1 Å². The predicted molar refractivity (Wildman–Crippen MR) is 101 cm³/mol. The summed E-state index contributed by atoms with van der Waals surface area (Å²) in [4.78, 5) is 38.0. The van der Waals surface area contributed by atoms with Crippen molar-refractivity contribution in [2.24, 2.45) is 0 Å². The SMILES string of the molecule is COc1cccc(NC(=O)CS[C@@H]2CC(=O)N(c3ccccc3)C2=O)c1. The average Bonchev–Trinajstić information content (AvgIpc) is 2.94. The van der Waals surface area contributed by atoms with Crippen LogP contribution in [0.5, 0.6) is 5.75 Å². The molecule has 1 fully saturated rings. The molecule has 1 heterocycles. The molecule has 1 aliphatic rings. The summed E-state index contributed by atoms with van der Waals surface area (Å²) in [5.41, 5.74) is 1.18. The second kappa shape index (κ2) is 8.05. The van der Waals surface area contributed by atoms with Crippen molar-refractivity contribution < 1.29 is 19.1 Å². The first-order chi connectivity index (χ1) is 12.6. The first-order valence-electron chi connectivity index (χ1n) is 8.06. The molecule has 0 saturated carbocycles. The molecule has 0 radical (unpaired) electrons. The van der Waals surface area contributed by atoms with Gasteiger partial charge in [0.2, 0.25) is 17.7 Å². The lowest BCUT2D eigenvalue weighted by atomic mass is 10.3. The van der Waals surface area contributed by atoms with E-state index in [1.54, 1.807) is 55.6 Å². The van der Waals surface area contributed by atoms with Gasteiger partial charge in [0.15, 0.2) is 0 Å². The Kier molecular flexibility index (Phi) is 5.58. The third-order valence-corrected chi connectivity index (χ3v) is 5.09. The van der Waals surface area contributed by atoms with Gasteiger partial charge in [-0.05, 0) is 24.3 Å². The molecule has 1 N–H and O–H groups in total. The summed E-state index contributed by atoms with van der Waals surface area (Å²) < 4.78 is 5.11. The molecule has 134 valence electrons. The van der Waals surface area contributed by atoms with Crippen molar-refractivity contribution in [3.8, 4) is 5.75 Å². The van der Waals surface area contributed by atoms with Gasteiger partial charge in [-0.15, -0.1) is 11.8 Å². The number of rotatable bonds is 6. The van der Waals surface area contributed by atoms with Crippen LogP contribution in [0.25, 0.3) is 0 Å². The number of carbonyl (C=O) groups excluding carboxylic acids is 3. The number of benzene rings is 2. The van der Waals surface area contributed by atoms with Gasteiger partial charge in [-0.1, -0.05) is 24.3 Å². The fourth-order valence-electron chi connectivity index (χ4n) is 2.66. The topological polar surface area (TPSA) is 75.7 Å². The van der Waals surface area contributed by atoms with Gasteiger partial charge in [-0.3, -0.25) is 14.4 Å². The summed E-state index contributed by atoms with van der Waals surface area (Å²) in [6.45, 7) is 0. The van der Waals surface area contributed by atoms with E-state index >= 15 is 0 Å². The van der Waals surface area contributed by atoms with Gasteiger partial charge in [-0.2, -0.15) is 0 Å². The number of hydrogen-bond donors (Lipinski definition) is 1. The average molecular weight is 370 g/mol. The summed E-state index contributed by atoms with van der Waals surface area (Å²) in [6, 6.07) is 15.8. The van der Waals surface area contributed by atoms with Crippen molar-refractivity contribution in [2.45, 2.75) is 11.7 Å². The largest absolute Gasteiger partial charge is 0.497 e. The van der Waals surface area contributed by atoms with E-state index in [1.165, 1.54) is 16.7 Å². The van der Waals surface area contributed by atoms with Crippen LogP contribution in [0.15, 0.2) is 54.6 Å². The molecule has 7 heteroatoms. The Morgan fingerprint density at radius 3 is 2.69 bits per heavy atom. The normalized spacial score (nSPS) is 16.7. The number of anilines is 2. The van der Waals surface area contributed by atoms with Crippen LogP contribution in [0, 0.1) is 0 Å². The van der Waals surface area contributed by atoms with E-state index in [4.69, 9.17) is 4.74 Å². The first-order valence-corrected chi connectivity index (χ1v) is 9.10. The van der Waals surface area contributed by atoms with Crippen molar-refractivity contribution in [1.29, 1.82) is 0 Å². The molecule has 3 amide bonds. The van der Waals surface area contributed by atoms with Crippen LogP contribution in [0.1, 0.15) is 6.42 Å². The maximum absolute atomic E-state index is 12.5. The molecule has 2 aromatic carbocycles. The van der Waals surface area contributed by atoms with Gasteiger partial charge in [0, 0.05) is 18.2 Å². The molecule has 3 rings (SSSR count). The second-order valence-corrected chi connectivity index (χ2v) is 6.88. The Bertz CT molecular complexity index is 825. The number of ether oxygens (including phenoxy) is 1. The van der Waals surface area contributed by atoms with Crippen LogP contribution in [-0.4, -0.2) is 35.8 Å². The quantitative estimate of drug-likeness (QED) is 0.792. The standard InChI is InChI=1S/C19H18N2O4S/c1-25-15-9-5-6-13(10-15)20-17(22)12-26-16-11-18(23)21(19(16)24)14-7-3-2-4-8-14/h2-10,16H,11-12H2,1H3,(H,20,22)/t16-/m1/s1. The number of para-hydroxylation sites is 1. The minimum atomic E-state index is -0.543. The molecule has 0 spiro atoms. The zero-order valence-electron chi connectivity index (χ0n) is 14.2. The van der Waals surface area contributed by atoms with E-state index in [0.717, 1.165) is 0 Å². The number of thioether (sulfide) groups is 1. The van der Waals surface area contributed by atoms with E-state index in [9.17, 15) is 14.4 Å². The van der Waals surface area contributed by atoms with Crippen LogP contribution in [-0.2, 0) is 14.4 Å². The van der Waals surface area contributed by atoms with Crippen LogP contribution in [0.4, 0.5) is 11.4 Å². The molecule has 2 aromatic rings. The molecular weight excluding hydrogens is 352 g/mol. The maximum Gasteiger partial charge on any atom is 0.247 e. The molecule has 0 unspecified atom stereocenters. The number of carbonyl (C=O) groups is 3. The number of amides is 3. The molecule has 0 aliphatic carbocycles. The van der Waals surface area contributed by atoms with E-state index in [1.807, 2.05) is 6.07 Å². The van der Waals surface area contributed by atoms with E-state index < -0.39 is 5.25 Å². The number of methoxy groups -OCH3 is 1. The minimum absolute atomic E-state index is 0.0868. The highest BCUT2D eigenvalue weighted by Gasteiger charge is 2.39. The summed E-state index contributed by atoms with van der Waals surface area (Å²) in [5.74, 6) is -0.0248. The van der Waals surface area contributed by atoms with Gasteiger partial charge in [-0.25, -0.2) is 4.90 Å². The van der Waals surface area contributed by atoms with E-state index in [0.29, 0.717) is 17.1 Å². The molecular formula is C19H18N2O4S. The van der Waals surface area contributed by atoms with Crippen molar-refractivity contribution in [3.63, 3.8) is 0 Å². The molecule has 6 nitrogen and oxygen atoms in total. The van der Waals surface area contributed by atoms with Gasteiger partial charge >= 0.3 is 0 Å². The highest BCUT2D eigenvalue weighted by Crippen LogP contribution is 2.29. The first kappa shape index (κ1) is 18.0. The zero-order chi connectivity index (χ0) is 18.5. The highest BCUT2D eigenvalue weighted by atomic mass is 32.2. The lowest BCUT2D eigenvalue weighted by Crippen LogP contribution is -2.31. The summed E-state index contributed by atoms with van der Waals surface area (Å²) in [7, 11) is 1.55. The van der Waals surface area contributed by atoms with Gasteiger partial charge in [0.05, 0.1) is 23.8 Å². The lowest BCUT2D eigenvalue weighted by Gasteiger charge is -2.14. The van der Waals surface area contributed by atoms with E-state index in [-0.39, 0.29) is 29.9 Å². The number of hydrogen-bond acceptors (Lipinski definition) is 5. The molecule has 1 saturated heterocycles. The summed E-state index contributed by atoms with van der Waals surface area (Å²) >= 11 is 1.18. The van der Waals surface area contributed by atoms with E-state index in [2.05, 4.69) is 5.32 Å². The predicted octanol–water partition coefficient (Wildman–Crippen LogP) is 2.70. The Labute approximate surface area is 155 Å². The zero-order valence-corrected chi connectivity index (χ0v) is 15.0. The molecule has 1 aliphatic heterocycles. The van der Waals surface area contributed by atoms with Crippen molar-refractivity contribution in [2.75, 3.05) is 23.1 Å². The molecule has 26 heavy (non-hydrogen) atoms. The fourth-order valence-corrected chi connectivity index (χ4v) is 3.59. The van der Waals surface area contributed by atoms with Crippen LogP contribution >= 0.6 is 11.8 Å². The second-order valence-electron chi connectivity index (χ2n) is 5.69. The number of imide groups is 1. The van der Waals surface area contributed by atoms with Crippen molar-refractivity contribution in [3.05, 3.63) is 54.6 Å². The third-order valence-electron chi connectivity index (χ3n) is 3.89. The Morgan fingerprint density at radius 1 is 1.19 bits per heavy atom. The number of nitrogens with zero attached hydrogens (tertiary/aromatic N) is 1. The molecule has 1 atom stereocenters. The van der Waals surface area contributed by atoms with Gasteiger partial charge in [0.25, 0.3) is 0 Å². The summed E-state index contributed by atoms with van der Waals surface area (Å²) in [6.07, 6.45) is 0.102.